The molecular weight excluding hydrogens is 223 g/mol. The third-order valence-electron chi connectivity index (χ3n) is 2.66. The molecule has 1 aliphatic rings. The van der Waals surface area contributed by atoms with E-state index in [1.165, 1.54) is 0 Å². The smallest absolute Gasteiger partial charge is 0.381 e. The molecule has 0 spiro atoms. The molecule has 0 aromatic heterocycles. The van der Waals surface area contributed by atoms with Gasteiger partial charge in [0.2, 0.25) is 0 Å². The molecule has 2 atom stereocenters. The third kappa shape index (κ3) is 5.67. The molecule has 16 heavy (non-hydrogen) atoms. The highest BCUT2D eigenvalue weighted by atomic mass is 19.4. The van der Waals surface area contributed by atoms with E-state index >= 15 is 0 Å². The number of methoxy groups -OCH3 is 1. The van der Waals surface area contributed by atoms with Crippen LogP contribution in [0.15, 0.2) is 0 Å². The van der Waals surface area contributed by atoms with Crippen molar-refractivity contribution < 1.29 is 22.6 Å². The van der Waals surface area contributed by atoms with Crippen molar-refractivity contribution in [3.63, 3.8) is 0 Å². The molecule has 1 fully saturated rings. The van der Waals surface area contributed by atoms with Crippen molar-refractivity contribution >= 4 is 0 Å². The second kappa shape index (κ2) is 6.42. The summed E-state index contributed by atoms with van der Waals surface area (Å²) in [7, 11) is 1.68. The van der Waals surface area contributed by atoms with E-state index in [4.69, 9.17) is 4.74 Å². The lowest BCUT2D eigenvalue weighted by atomic mass is 10.2. The average Bonchev–Trinajstić information content (AvgIpc) is 2.63. The predicted molar refractivity (Wildman–Crippen MR) is 53.3 cm³/mol. The Morgan fingerprint density at radius 2 is 2.06 bits per heavy atom. The molecule has 96 valence electrons. The highest BCUT2D eigenvalue weighted by molar-refractivity contribution is 4.80. The molecule has 1 N–H and O–H groups in total. The Labute approximate surface area is 93.3 Å². The zero-order chi connectivity index (χ0) is 12.0. The zero-order valence-electron chi connectivity index (χ0n) is 9.35. The molecular formula is C10H18F3NO2. The van der Waals surface area contributed by atoms with Crippen LogP contribution in [0.25, 0.3) is 0 Å². The van der Waals surface area contributed by atoms with Crippen LogP contribution >= 0.6 is 0 Å². The molecule has 0 radical (unpaired) electrons. The van der Waals surface area contributed by atoms with Crippen molar-refractivity contribution in [2.24, 2.45) is 0 Å². The first-order valence-corrected chi connectivity index (χ1v) is 5.42. The summed E-state index contributed by atoms with van der Waals surface area (Å²) in [6.07, 6.45) is -0.992. The van der Waals surface area contributed by atoms with Gasteiger partial charge in [0.05, 0.1) is 12.7 Å². The Kier molecular flexibility index (Phi) is 5.51. The van der Waals surface area contributed by atoms with Gasteiger partial charge in [0.25, 0.3) is 0 Å². The molecule has 1 rings (SSSR count). The topological polar surface area (TPSA) is 30.5 Å². The van der Waals surface area contributed by atoms with E-state index in [1.807, 2.05) is 0 Å². The summed E-state index contributed by atoms with van der Waals surface area (Å²) in [6.45, 7) is -0.620. The number of ether oxygens (including phenoxy) is 2. The SMILES string of the molecule is COC1CCC(NCCOCC(F)(F)F)C1. The molecule has 1 saturated carbocycles. The summed E-state index contributed by atoms with van der Waals surface area (Å²) in [5.41, 5.74) is 0. The average molecular weight is 241 g/mol. The van der Waals surface area contributed by atoms with Gasteiger partial charge in [-0.1, -0.05) is 0 Å². The van der Waals surface area contributed by atoms with Gasteiger partial charge in [-0.05, 0) is 19.3 Å². The van der Waals surface area contributed by atoms with E-state index < -0.39 is 12.8 Å². The fraction of sp³-hybridized carbons (Fsp3) is 1.00. The Hall–Kier alpha value is -0.330. The van der Waals surface area contributed by atoms with Crippen molar-refractivity contribution in [3.8, 4) is 0 Å². The quantitative estimate of drug-likeness (QED) is 0.718. The van der Waals surface area contributed by atoms with Crippen molar-refractivity contribution in [1.29, 1.82) is 0 Å². The van der Waals surface area contributed by atoms with Crippen LogP contribution in [0.2, 0.25) is 0 Å². The van der Waals surface area contributed by atoms with Crippen LogP contribution in [0.1, 0.15) is 19.3 Å². The van der Waals surface area contributed by atoms with Crippen LogP contribution < -0.4 is 5.32 Å². The summed E-state index contributed by atoms with van der Waals surface area (Å²) < 4.78 is 44.8. The van der Waals surface area contributed by atoms with Crippen molar-refractivity contribution in [1.82, 2.24) is 5.32 Å². The lowest BCUT2D eigenvalue weighted by Crippen LogP contribution is -2.31. The summed E-state index contributed by atoms with van der Waals surface area (Å²) >= 11 is 0. The van der Waals surface area contributed by atoms with Gasteiger partial charge in [-0.15, -0.1) is 0 Å². The van der Waals surface area contributed by atoms with Crippen LogP contribution in [0, 0.1) is 0 Å². The molecule has 0 aromatic carbocycles. The minimum atomic E-state index is -4.23. The van der Waals surface area contributed by atoms with Crippen molar-refractivity contribution in [3.05, 3.63) is 0 Å². The van der Waals surface area contributed by atoms with Gasteiger partial charge in [0, 0.05) is 19.7 Å². The molecule has 0 bridgehead atoms. The van der Waals surface area contributed by atoms with E-state index in [2.05, 4.69) is 10.1 Å². The van der Waals surface area contributed by atoms with Gasteiger partial charge in [0.15, 0.2) is 0 Å². The minimum absolute atomic E-state index is 0.0909. The van der Waals surface area contributed by atoms with Gasteiger partial charge in [0.1, 0.15) is 6.61 Å². The zero-order valence-corrected chi connectivity index (χ0v) is 9.35. The largest absolute Gasteiger partial charge is 0.411 e. The summed E-state index contributed by atoms with van der Waals surface area (Å²) in [4.78, 5) is 0. The monoisotopic (exact) mass is 241 g/mol. The Morgan fingerprint density at radius 1 is 1.31 bits per heavy atom. The third-order valence-corrected chi connectivity index (χ3v) is 2.66. The van der Waals surface area contributed by atoms with Crippen molar-refractivity contribution in [2.45, 2.75) is 37.6 Å². The van der Waals surface area contributed by atoms with Crippen LogP contribution in [0.5, 0.6) is 0 Å². The maximum atomic E-state index is 11.7. The van der Waals surface area contributed by atoms with Gasteiger partial charge in [-0.25, -0.2) is 0 Å². The van der Waals surface area contributed by atoms with E-state index in [0.717, 1.165) is 19.3 Å². The first kappa shape index (κ1) is 13.7. The Balaban J connectivity index is 1.96. The first-order valence-electron chi connectivity index (χ1n) is 5.42. The molecule has 6 heteroatoms. The maximum absolute atomic E-state index is 11.7. The summed E-state index contributed by atoms with van der Waals surface area (Å²) in [5.74, 6) is 0. The van der Waals surface area contributed by atoms with Gasteiger partial charge in [-0.3, -0.25) is 0 Å². The summed E-state index contributed by atoms with van der Waals surface area (Å²) in [6, 6.07) is 0.347. The van der Waals surface area contributed by atoms with Gasteiger partial charge in [-0.2, -0.15) is 13.2 Å². The van der Waals surface area contributed by atoms with Crippen LogP contribution in [0.4, 0.5) is 13.2 Å². The highest BCUT2D eigenvalue weighted by Crippen LogP contribution is 2.21. The second-order valence-corrected chi connectivity index (χ2v) is 3.99. The fourth-order valence-electron chi connectivity index (χ4n) is 1.86. The summed E-state index contributed by atoms with van der Waals surface area (Å²) in [5, 5.41) is 3.16. The number of rotatable bonds is 6. The predicted octanol–water partition coefficient (Wildman–Crippen LogP) is 1.72. The highest BCUT2D eigenvalue weighted by Gasteiger charge is 2.27. The van der Waals surface area contributed by atoms with E-state index in [0.29, 0.717) is 12.6 Å². The van der Waals surface area contributed by atoms with E-state index in [1.54, 1.807) is 7.11 Å². The lowest BCUT2D eigenvalue weighted by Gasteiger charge is -2.13. The Morgan fingerprint density at radius 3 is 2.62 bits per heavy atom. The van der Waals surface area contributed by atoms with Gasteiger partial charge < -0.3 is 14.8 Å². The normalized spacial score (nSPS) is 26.2. The van der Waals surface area contributed by atoms with E-state index in [9.17, 15) is 13.2 Å². The molecule has 3 nitrogen and oxygen atoms in total. The van der Waals surface area contributed by atoms with Crippen LogP contribution in [0.3, 0.4) is 0 Å². The van der Waals surface area contributed by atoms with Crippen LogP contribution in [-0.2, 0) is 9.47 Å². The first-order chi connectivity index (χ1) is 7.51. The molecule has 0 saturated heterocycles. The fourth-order valence-corrected chi connectivity index (χ4v) is 1.86. The second-order valence-electron chi connectivity index (χ2n) is 3.99. The molecule has 0 amide bonds. The maximum Gasteiger partial charge on any atom is 0.411 e. The number of halogens is 3. The van der Waals surface area contributed by atoms with Gasteiger partial charge >= 0.3 is 6.18 Å². The molecule has 0 aromatic rings. The molecule has 1 aliphatic carbocycles. The van der Waals surface area contributed by atoms with Crippen molar-refractivity contribution in [2.75, 3.05) is 26.9 Å². The molecule has 0 heterocycles. The number of hydrogen-bond donors (Lipinski definition) is 1. The molecule has 2 unspecified atom stereocenters. The number of nitrogens with one attached hydrogen (secondary N) is 1. The molecule has 0 aliphatic heterocycles. The minimum Gasteiger partial charge on any atom is -0.381 e. The lowest BCUT2D eigenvalue weighted by molar-refractivity contribution is -0.173. The Bertz CT molecular complexity index is 199. The van der Waals surface area contributed by atoms with Crippen LogP contribution in [-0.4, -0.2) is 45.2 Å². The number of hydrogen-bond acceptors (Lipinski definition) is 3. The van der Waals surface area contributed by atoms with E-state index in [-0.39, 0.29) is 12.7 Å². The standard InChI is InChI=1S/C10H18F3NO2/c1-15-9-3-2-8(6-9)14-4-5-16-7-10(11,12)13/h8-9,14H,2-7H2,1H3. The number of alkyl halides is 3.